The Kier molecular flexibility index (Phi) is 6.96. The first-order valence-electron chi connectivity index (χ1n) is 9.46. The van der Waals surface area contributed by atoms with Crippen LogP contribution in [0, 0.1) is 5.82 Å². The Morgan fingerprint density at radius 2 is 1.93 bits per heavy atom. The van der Waals surface area contributed by atoms with Gasteiger partial charge in [0.2, 0.25) is 0 Å². The van der Waals surface area contributed by atoms with E-state index in [4.69, 9.17) is 4.74 Å². The lowest BCUT2D eigenvalue weighted by atomic mass is 10.1. The molecule has 8 nitrogen and oxygen atoms in total. The maximum Gasteiger partial charge on any atom is 0.409 e. The minimum Gasteiger partial charge on any atom is -0.450 e. The molecule has 0 atom stereocenters. The minimum absolute atomic E-state index is 0.106. The van der Waals surface area contributed by atoms with Gasteiger partial charge in [0.25, 0.3) is 0 Å². The van der Waals surface area contributed by atoms with Gasteiger partial charge in [-0.1, -0.05) is 12.1 Å². The monoisotopic (exact) mass is 401 g/mol. The van der Waals surface area contributed by atoms with Gasteiger partial charge in [-0.15, -0.1) is 0 Å². The van der Waals surface area contributed by atoms with Crippen LogP contribution in [0.1, 0.15) is 12.5 Å². The predicted molar refractivity (Wildman–Crippen MR) is 107 cm³/mol. The zero-order valence-corrected chi connectivity index (χ0v) is 16.2. The molecule has 154 valence electrons. The van der Waals surface area contributed by atoms with Crippen molar-refractivity contribution in [1.29, 1.82) is 0 Å². The Balaban J connectivity index is 1.56. The standard InChI is InChI=1S/C20H24FN5O3/c1-2-29-20(28)26-11-9-25(10-12-26)14-15-5-3-7-17(18(15)21)24-19(27)23-16-6-4-8-22-13-16/h3-8,13H,2,9-12,14H2,1H3,(H2,23,24,27). The fourth-order valence-electron chi connectivity index (χ4n) is 3.06. The fourth-order valence-corrected chi connectivity index (χ4v) is 3.06. The second-order valence-corrected chi connectivity index (χ2v) is 6.56. The number of ether oxygens (including phenoxy) is 1. The third-order valence-electron chi connectivity index (χ3n) is 4.54. The third-order valence-corrected chi connectivity index (χ3v) is 4.54. The van der Waals surface area contributed by atoms with Crippen molar-refractivity contribution in [2.45, 2.75) is 13.5 Å². The lowest BCUT2D eigenvalue weighted by Crippen LogP contribution is -2.48. The number of nitrogens with one attached hydrogen (secondary N) is 2. The van der Waals surface area contributed by atoms with Crippen molar-refractivity contribution < 1.29 is 18.7 Å². The first-order chi connectivity index (χ1) is 14.1. The number of nitrogens with zero attached hydrogens (tertiary/aromatic N) is 3. The number of anilines is 2. The van der Waals surface area contributed by atoms with E-state index in [1.54, 1.807) is 42.3 Å². The van der Waals surface area contributed by atoms with Gasteiger partial charge in [0.05, 0.1) is 24.2 Å². The molecule has 1 saturated heterocycles. The summed E-state index contributed by atoms with van der Waals surface area (Å²) in [7, 11) is 0. The molecule has 0 unspecified atom stereocenters. The molecule has 9 heteroatoms. The van der Waals surface area contributed by atoms with E-state index in [2.05, 4.69) is 20.5 Å². The molecule has 2 heterocycles. The maximum absolute atomic E-state index is 14.9. The van der Waals surface area contributed by atoms with Gasteiger partial charge in [-0.05, 0) is 25.1 Å². The molecule has 29 heavy (non-hydrogen) atoms. The van der Waals surface area contributed by atoms with Crippen molar-refractivity contribution in [3.63, 3.8) is 0 Å². The average Bonchev–Trinajstić information content (AvgIpc) is 2.72. The highest BCUT2D eigenvalue weighted by molar-refractivity contribution is 5.99. The summed E-state index contributed by atoms with van der Waals surface area (Å²) in [5, 5.41) is 5.14. The molecule has 1 aliphatic heterocycles. The molecule has 3 amide bonds. The lowest BCUT2D eigenvalue weighted by molar-refractivity contribution is 0.0775. The van der Waals surface area contributed by atoms with Gasteiger partial charge in [-0.2, -0.15) is 0 Å². The van der Waals surface area contributed by atoms with Crippen LogP contribution in [0.5, 0.6) is 0 Å². The van der Waals surface area contributed by atoms with Gasteiger partial charge in [-0.25, -0.2) is 14.0 Å². The molecular weight excluding hydrogens is 377 g/mol. The van der Waals surface area contributed by atoms with Crippen LogP contribution in [0.25, 0.3) is 0 Å². The number of amides is 3. The van der Waals surface area contributed by atoms with Gasteiger partial charge in [0, 0.05) is 44.5 Å². The molecule has 0 bridgehead atoms. The van der Waals surface area contributed by atoms with Crippen LogP contribution in [-0.4, -0.2) is 59.7 Å². The number of rotatable bonds is 5. The molecule has 0 saturated carbocycles. The average molecular weight is 401 g/mol. The van der Waals surface area contributed by atoms with E-state index in [0.717, 1.165) is 0 Å². The van der Waals surface area contributed by atoms with Crippen molar-refractivity contribution in [1.82, 2.24) is 14.8 Å². The van der Waals surface area contributed by atoms with Crippen LogP contribution in [0.4, 0.5) is 25.4 Å². The summed E-state index contributed by atoms with van der Waals surface area (Å²) in [5.41, 5.74) is 1.10. The number of benzene rings is 1. The second-order valence-electron chi connectivity index (χ2n) is 6.56. The second kappa shape index (κ2) is 9.83. The fraction of sp³-hybridized carbons (Fsp3) is 0.350. The molecule has 3 rings (SSSR count). The van der Waals surface area contributed by atoms with E-state index in [0.29, 0.717) is 50.6 Å². The van der Waals surface area contributed by atoms with Gasteiger partial charge < -0.3 is 20.3 Å². The Morgan fingerprint density at radius 3 is 2.62 bits per heavy atom. The number of carbonyl (C=O) groups is 2. The highest BCUT2D eigenvalue weighted by atomic mass is 19.1. The van der Waals surface area contributed by atoms with E-state index in [9.17, 15) is 14.0 Å². The van der Waals surface area contributed by atoms with Crippen molar-refractivity contribution in [3.05, 3.63) is 54.1 Å². The highest BCUT2D eigenvalue weighted by Gasteiger charge is 2.23. The first kappa shape index (κ1) is 20.5. The van der Waals surface area contributed by atoms with Gasteiger partial charge in [-0.3, -0.25) is 9.88 Å². The summed E-state index contributed by atoms with van der Waals surface area (Å²) >= 11 is 0. The maximum atomic E-state index is 14.9. The number of aromatic nitrogens is 1. The Hall–Kier alpha value is -3.20. The van der Waals surface area contributed by atoms with Crippen LogP contribution in [-0.2, 0) is 11.3 Å². The van der Waals surface area contributed by atoms with Crippen LogP contribution >= 0.6 is 0 Å². The summed E-state index contributed by atoms with van der Waals surface area (Å²) in [6.45, 7) is 4.82. The summed E-state index contributed by atoms with van der Waals surface area (Å²) < 4.78 is 19.9. The number of carbonyl (C=O) groups excluding carboxylic acids is 2. The van der Waals surface area contributed by atoms with E-state index in [1.165, 1.54) is 12.3 Å². The summed E-state index contributed by atoms with van der Waals surface area (Å²) in [6, 6.07) is 7.75. The number of piperazine rings is 1. The molecular formula is C20H24FN5O3. The largest absolute Gasteiger partial charge is 0.450 e. The van der Waals surface area contributed by atoms with Crippen molar-refractivity contribution in [2.75, 3.05) is 43.4 Å². The van der Waals surface area contributed by atoms with Gasteiger partial charge in [0.15, 0.2) is 5.82 Å². The predicted octanol–water partition coefficient (Wildman–Crippen LogP) is 3.14. The van der Waals surface area contributed by atoms with Gasteiger partial charge >= 0.3 is 12.1 Å². The molecule has 1 aromatic carbocycles. The van der Waals surface area contributed by atoms with Crippen LogP contribution in [0.15, 0.2) is 42.7 Å². The molecule has 1 aromatic heterocycles. The zero-order valence-electron chi connectivity index (χ0n) is 16.2. The van der Waals surface area contributed by atoms with E-state index >= 15 is 0 Å². The van der Waals surface area contributed by atoms with Crippen molar-refractivity contribution in [3.8, 4) is 0 Å². The normalized spacial score (nSPS) is 14.3. The van der Waals surface area contributed by atoms with Gasteiger partial charge in [0.1, 0.15) is 0 Å². The van der Waals surface area contributed by atoms with Crippen molar-refractivity contribution in [2.24, 2.45) is 0 Å². The zero-order chi connectivity index (χ0) is 20.6. The quantitative estimate of drug-likeness (QED) is 0.804. The van der Waals surface area contributed by atoms with Crippen LogP contribution in [0.2, 0.25) is 0 Å². The smallest absolute Gasteiger partial charge is 0.409 e. The molecule has 2 aromatic rings. The molecule has 2 N–H and O–H groups in total. The Labute approximate surface area is 168 Å². The number of hydrogen-bond donors (Lipinski definition) is 2. The minimum atomic E-state index is -0.544. The third kappa shape index (κ3) is 5.64. The van der Waals surface area contributed by atoms with Crippen LogP contribution < -0.4 is 10.6 Å². The summed E-state index contributed by atoms with van der Waals surface area (Å²) in [4.78, 5) is 31.5. The van der Waals surface area contributed by atoms with E-state index in [-0.39, 0.29) is 11.8 Å². The molecule has 0 spiro atoms. The van der Waals surface area contributed by atoms with E-state index < -0.39 is 11.8 Å². The Bertz CT molecular complexity index is 841. The number of pyridine rings is 1. The highest BCUT2D eigenvalue weighted by Crippen LogP contribution is 2.20. The summed E-state index contributed by atoms with van der Waals surface area (Å²) in [6.07, 6.45) is 2.78. The first-order valence-corrected chi connectivity index (χ1v) is 9.46. The molecule has 1 fully saturated rings. The van der Waals surface area contributed by atoms with Crippen molar-refractivity contribution >= 4 is 23.5 Å². The summed E-state index contributed by atoms with van der Waals surface area (Å²) in [5.74, 6) is -0.471. The SMILES string of the molecule is CCOC(=O)N1CCN(Cc2cccc(NC(=O)Nc3cccnc3)c2F)CC1. The van der Waals surface area contributed by atoms with Crippen LogP contribution in [0.3, 0.4) is 0 Å². The number of urea groups is 1. The van der Waals surface area contributed by atoms with E-state index in [1.807, 2.05) is 0 Å². The Morgan fingerprint density at radius 1 is 1.14 bits per heavy atom. The molecule has 1 aliphatic rings. The molecule has 0 aliphatic carbocycles. The molecule has 0 radical (unpaired) electrons. The number of halogens is 1. The lowest BCUT2D eigenvalue weighted by Gasteiger charge is -2.34. The topological polar surface area (TPSA) is 86.8 Å². The number of hydrogen-bond acceptors (Lipinski definition) is 5.